The molecular weight excluding hydrogens is 264 g/mol. The largest absolute Gasteiger partial charge is 0.306 e. The van der Waals surface area contributed by atoms with Crippen molar-refractivity contribution in [3.8, 4) is 0 Å². The van der Waals surface area contributed by atoms with Gasteiger partial charge in [-0.1, -0.05) is 25.1 Å². The zero-order valence-electron chi connectivity index (χ0n) is 12.4. The molecule has 0 aliphatic carbocycles. The number of hydrogen-bond acceptors (Lipinski definition) is 3. The lowest BCUT2D eigenvalue weighted by Gasteiger charge is -2.19. The molecule has 1 unspecified atom stereocenters. The first-order valence-corrected chi connectivity index (χ1v) is 8.27. The molecule has 1 N–H and O–H groups in total. The van der Waals surface area contributed by atoms with Gasteiger partial charge in [0, 0.05) is 16.8 Å². The minimum absolute atomic E-state index is 0.221. The van der Waals surface area contributed by atoms with Crippen molar-refractivity contribution in [3.05, 3.63) is 59.4 Å². The van der Waals surface area contributed by atoms with Crippen LogP contribution in [0.1, 0.15) is 36.2 Å². The number of rotatable bonds is 6. The number of benzene rings is 1. The van der Waals surface area contributed by atoms with Gasteiger partial charge in [0.25, 0.3) is 0 Å². The molecule has 2 rings (SSSR count). The fraction of sp³-hybridized carbons (Fsp3) is 0.353. The molecule has 0 bridgehead atoms. The topological polar surface area (TPSA) is 24.9 Å². The van der Waals surface area contributed by atoms with Gasteiger partial charge in [0.05, 0.1) is 6.04 Å². The Bertz CT molecular complexity index is 520. The second-order valence-corrected chi connectivity index (χ2v) is 5.77. The molecule has 106 valence electrons. The van der Waals surface area contributed by atoms with Crippen LogP contribution in [0, 0.1) is 6.92 Å². The van der Waals surface area contributed by atoms with Gasteiger partial charge in [-0.05, 0) is 55.5 Å². The summed E-state index contributed by atoms with van der Waals surface area (Å²) in [5.41, 5.74) is 3.57. The minimum Gasteiger partial charge on any atom is -0.306 e. The number of pyridine rings is 1. The monoisotopic (exact) mass is 286 g/mol. The molecule has 0 saturated heterocycles. The summed E-state index contributed by atoms with van der Waals surface area (Å²) < 4.78 is 0. The highest BCUT2D eigenvalue weighted by molar-refractivity contribution is 7.98. The minimum atomic E-state index is 0.221. The van der Waals surface area contributed by atoms with Crippen molar-refractivity contribution in [2.24, 2.45) is 0 Å². The van der Waals surface area contributed by atoms with Gasteiger partial charge in [0.2, 0.25) is 0 Å². The Kier molecular flexibility index (Phi) is 5.62. The molecule has 0 spiro atoms. The van der Waals surface area contributed by atoms with Crippen LogP contribution in [0.3, 0.4) is 0 Å². The van der Waals surface area contributed by atoms with Crippen LogP contribution in [0.5, 0.6) is 0 Å². The molecular formula is C17H22N2S. The molecule has 0 aliphatic heterocycles. The molecule has 1 atom stereocenters. The lowest BCUT2D eigenvalue weighted by molar-refractivity contribution is 0.596. The van der Waals surface area contributed by atoms with Crippen LogP contribution >= 0.6 is 11.8 Å². The van der Waals surface area contributed by atoms with E-state index in [1.165, 1.54) is 16.0 Å². The predicted octanol–water partition coefficient (Wildman–Crippen LogP) is 4.20. The summed E-state index contributed by atoms with van der Waals surface area (Å²) in [4.78, 5) is 5.72. The zero-order valence-corrected chi connectivity index (χ0v) is 13.2. The van der Waals surface area contributed by atoms with Gasteiger partial charge in [-0.15, -0.1) is 11.8 Å². The van der Waals surface area contributed by atoms with Crippen LogP contribution in [0.4, 0.5) is 0 Å². The molecule has 20 heavy (non-hydrogen) atoms. The molecule has 1 aromatic carbocycles. The Labute approximate surface area is 126 Å². The van der Waals surface area contributed by atoms with E-state index in [1.807, 2.05) is 13.1 Å². The Morgan fingerprint density at radius 1 is 1.10 bits per heavy atom. The standard InChI is InChI=1S/C17H22N2S/c1-4-11-18-17(15-6-5-13(2)19-12-15)14-7-9-16(20-3)10-8-14/h5-10,12,17-18H,4,11H2,1-3H3. The molecule has 2 aromatic rings. The van der Waals surface area contributed by atoms with E-state index in [0.717, 1.165) is 18.7 Å². The maximum Gasteiger partial charge on any atom is 0.0591 e. The molecule has 0 saturated carbocycles. The van der Waals surface area contributed by atoms with Crippen molar-refractivity contribution in [1.82, 2.24) is 10.3 Å². The highest BCUT2D eigenvalue weighted by Gasteiger charge is 2.13. The maximum absolute atomic E-state index is 4.42. The van der Waals surface area contributed by atoms with Crippen LogP contribution in [-0.2, 0) is 0 Å². The van der Waals surface area contributed by atoms with Gasteiger partial charge in [-0.25, -0.2) is 0 Å². The average molecular weight is 286 g/mol. The van der Waals surface area contributed by atoms with Gasteiger partial charge in [-0.2, -0.15) is 0 Å². The lowest BCUT2D eigenvalue weighted by Crippen LogP contribution is -2.23. The quantitative estimate of drug-likeness (QED) is 0.806. The summed E-state index contributed by atoms with van der Waals surface area (Å²) >= 11 is 1.77. The van der Waals surface area contributed by atoms with E-state index in [9.17, 15) is 0 Å². The van der Waals surface area contributed by atoms with E-state index in [4.69, 9.17) is 0 Å². The van der Waals surface area contributed by atoms with Gasteiger partial charge in [-0.3, -0.25) is 4.98 Å². The summed E-state index contributed by atoms with van der Waals surface area (Å²) in [5, 5.41) is 3.61. The van der Waals surface area contributed by atoms with Crippen LogP contribution in [0.15, 0.2) is 47.5 Å². The molecule has 1 heterocycles. The summed E-state index contributed by atoms with van der Waals surface area (Å²) in [6.45, 7) is 5.21. The first-order valence-electron chi connectivity index (χ1n) is 7.04. The van der Waals surface area contributed by atoms with Crippen molar-refractivity contribution >= 4 is 11.8 Å². The number of aryl methyl sites for hydroxylation is 1. The maximum atomic E-state index is 4.42. The van der Waals surface area contributed by atoms with Gasteiger partial charge in [0.1, 0.15) is 0 Å². The van der Waals surface area contributed by atoms with Crippen LogP contribution in [0.25, 0.3) is 0 Å². The molecule has 0 aliphatic rings. The molecule has 3 heteroatoms. The molecule has 1 aromatic heterocycles. The molecule has 2 nitrogen and oxygen atoms in total. The summed E-state index contributed by atoms with van der Waals surface area (Å²) in [6.07, 6.45) is 5.20. The van der Waals surface area contributed by atoms with Gasteiger partial charge >= 0.3 is 0 Å². The fourth-order valence-corrected chi connectivity index (χ4v) is 2.57. The first kappa shape index (κ1) is 15.1. The molecule has 0 fully saturated rings. The number of aromatic nitrogens is 1. The number of thioether (sulfide) groups is 1. The van der Waals surface area contributed by atoms with E-state index < -0.39 is 0 Å². The van der Waals surface area contributed by atoms with Crippen molar-refractivity contribution in [2.45, 2.75) is 31.2 Å². The van der Waals surface area contributed by atoms with Gasteiger partial charge in [0.15, 0.2) is 0 Å². The van der Waals surface area contributed by atoms with Gasteiger partial charge < -0.3 is 5.32 Å². The lowest BCUT2D eigenvalue weighted by atomic mass is 10.00. The van der Waals surface area contributed by atoms with Crippen LogP contribution < -0.4 is 5.32 Å². The Morgan fingerprint density at radius 2 is 1.80 bits per heavy atom. The van der Waals surface area contributed by atoms with E-state index in [1.54, 1.807) is 11.8 Å². The first-order chi connectivity index (χ1) is 9.74. The third-order valence-corrected chi connectivity index (χ3v) is 4.06. The normalized spacial score (nSPS) is 12.3. The van der Waals surface area contributed by atoms with E-state index >= 15 is 0 Å². The van der Waals surface area contributed by atoms with Crippen molar-refractivity contribution in [1.29, 1.82) is 0 Å². The Hall–Kier alpha value is -1.32. The predicted molar refractivity (Wildman–Crippen MR) is 87.3 cm³/mol. The fourth-order valence-electron chi connectivity index (χ4n) is 2.16. The van der Waals surface area contributed by atoms with E-state index in [0.29, 0.717) is 0 Å². The number of nitrogens with one attached hydrogen (secondary N) is 1. The Morgan fingerprint density at radius 3 is 2.35 bits per heavy atom. The number of hydrogen-bond donors (Lipinski definition) is 1. The second-order valence-electron chi connectivity index (χ2n) is 4.89. The highest BCUT2D eigenvalue weighted by Crippen LogP contribution is 2.24. The van der Waals surface area contributed by atoms with Crippen molar-refractivity contribution in [2.75, 3.05) is 12.8 Å². The summed E-state index contributed by atoms with van der Waals surface area (Å²) in [5.74, 6) is 0. The van der Waals surface area contributed by atoms with E-state index in [2.05, 4.69) is 59.9 Å². The third-order valence-electron chi connectivity index (χ3n) is 3.32. The number of nitrogens with zero attached hydrogens (tertiary/aromatic N) is 1. The molecule has 0 radical (unpaired) electrons. The van der Waals surface area contributed by atoms with E-state index in [-0.39, 0.29) is 6.04 Å². The molecule has 0 amide bonds. The second kappa shape index (κ2) is 7.46. The summed E-state index contributed by atoms with van der Waals surface area (Å²) in [7, 11) is 0. The summed E-state index contributed by atoms with van der Waals surface area (Å²) in [6, 6.07) is 13.2. The van der Waals surface area contributed by atoms with Crippen LogP contribution in [0.2, 0.25) is 0 Å². The van der Waals surface area contributed by atoms with Crippen molar-refractivity contribution in [3.63, 3.8) is 0 Å². The highest BCUT2D eigenvalue weighted by atomic mass is 32.2. The zero-order chi connectivity index (χ0) is 14.4. The smallest absolute Gasteiger partial charge is 0.0591 e. The van der Waals surface area contributed by atoms with Crippen LogP contribution in [-0.4, -0.2) is 17.8 Å². The Balaban J connectivity index is 2.27. The third kappa shape index (κ3) is 3.84. The SMILES string of the molecule is CCCNC(c1ccc(SC)cc1)c1ccc(C)nc1. The average Bonchev–Trinajstić information content (AvgIpc) is 2.50. The van der Waals surface area contributed by atoms with Crippen molar-refractivity contribution < 1.29 is 0 Å².